The number of hydrogen-bond acceptors (Lipinski definition) is 2. The summed E-state index contributed by atoms with van der Waals surface area (Å²) in [6.07, 6.45) is 0.625. The Hall–Kier alpha value is -1.51. The summed E-state index contributed by atoms with van der Waals surface area (Å²) in [4.78, 5) is 11.5. The molecule has 0 unspecified atom stereocenters. The van der Waals surface area contributed by atoms with Gasteiger partial charge in [0, 0.05) is 6.54 Å². The number of rotatable bonds is 3. The van der Waals surface area contributed by atoms with E-state index in [4.69, 9.17) is 4.74 Å². The van der Waals surface area contributed by atoms with Gasteiger partial charge in [-0.1, -0.05) is 31.2 Å². The third kappa shape index (κ3) is 5.38. The lowest BCUT2D eigenvalue weighted by molar-refractivity contribution is 0.0523. The Morgan fingerprint density at radius 1 is 1.29 bits per heavy atom. The fraction of sp³-hybridized carbons (Fsp3) is 0.500. The van der Waals surface area contributed by atoms with Gasteiger partial charge in [-0.2, -0.15) is 0 Å². The first kappa shape index (κ1) is 13.6. The normalized spacial score (nSPS) is 11.1. The average molecular weight is 235 g/mol. The van der Waals surface area contributed by atoms with Crippen LogP contribution in [0.5, 0.6) is 0 Å². The fourth-order valence-corrected chi connectivity index (χ4v) is 1.45. The second-order valence-corrected chi connectivity index (χ2v) is 5.03. The number of aryl methyl sites for hydroxylation is 1. The van der Waals surface area contributed by atoms with Gasteiger partial charge >= 0.3 is 6.09 Å². The van der Waals surface area contributed by atoms with Gasteiger partial charge in [0.25, 0.3) is 0 Å². The average Bonchev–Trinajstić information content (AvgIpc) is 2.24. The minimum Gasteiger partial charge on any atom is -0.444 e. The molecule has 0 saturated carbocycles. The molecule has 0 radical (unpaired) electrons. The maximum Gasteiger partial charge on any atom is 0.407 e. The quantitative estimate of drug-likeness (QED) is 0.873. The van der Waals surface area contributed by atoms with Crippen LogP contribution in [0, 0.1) is 0 Å². The van der Waals surface area contributed by atoms with E-state index in [9.17, 15) is 4.79 Å². The number of hydrogen-bond donors (Lipinski definition) is 1. The highest BCUT2D eigenvalue weighted by atomic mass is 16.6. The third-order valence-electron chi connectivity index (χ3n) is 2.24. The van der Waals surface area contributed by atoms with Gasteiger partial charge in [0.05, 0.1) is 0 Å². The summed E-state index contributed by atoms with van der Waals surface area (Å²) in [7, 11) is 0. The molecule has 0 spiro atoms. The number of amides is 1. The van der Waals surface area contributed by atoms with Crippen molar-refractivity contribution in [2.45, 2.75) is 46.3 Å². The molecule has 0 aliphatic heterocycles. The van der Waals surface area contributed by atoms with Crippen molar-refractivity contribution in [1.82, 2.24) is 5.32 Å². The molecule has 0 bridgehead atoms. The Bertz CT molecular complexity index is 380. The molecule has 0 aliphatic rings. The molecule has 17 heavy (non-hydrogen) atoms. The zero-order valence-electron chi connectivity index (χ0n) is 11.0. The molecule has 3 nitrogen and oxygen atoms in total. The predicted molar refractivity (Wildman–Crippen MR) is 68.9 cm³/mol. The van der Waals surface area contributed by atoms with Crippen LogP contribution in [0.25, 0.3) is 0 Å². The zero-order valence-corrected chi connectivity index (χ0v) is 11.0. The highest BCUT2D eigenvalue weighted by molar-refractivity contribution is 5.67. The summed E-state index contributed by atoms with van der Waals surface area (Å²) in [5, 5.41) is 2.75. The van der Waals surface area contributed by atoms with Gasteiger partial charge in [-0.3, -0.25) is 0 Å². The standard InChI is InChI=1S/C14H21NO2/c1-5-11-7-6-8-12(9-11)10-15-13(16)17-14(2,3)4/h6-9H,5,10H2,1-4H3,(H,15,16). The van der Waals surface area contributed by atoms with Crippen molar-refractivity contribution < 1.29 is 9.53 Å². The van der Waals surface area contributed by atoms with Crippen molar-refractivity contribution in [3.8, 4) is 0 Å². The van der Waals surface area contributed by atoms with E-state index >= 15 is 0 Å². The number of nitrogens with one attached hydrogen (secondary N) is 1. The zero-order chi connectivity index (χ0) is 12.9. The van der Waals surface area contributed by atoms with E-state index in [0.29, 0.717) is 6.54 Å². The lowest BCUT2D eigenvalue weighted by Gasteiger charge is -2.19. The number of alkyl carbamates (subject to hydrolysis) is 1. The van der Waals surface area contributed by atoms with E-state index < -0.39 is 5.60 Å². The predicted octanol–water partition coefficient (Wildman–Crippen LogP) is 3.27. The molecule has 1 aromatic carbocycles. The summed E-state index contributed by atoms with van der Waals surface area (Å²) >= 11 is 0. The summed E-state index contributed by atoms with van der Waals surface area (Å²) in [6.45, 7) is 8.17. The lowest BCUT2D eigenvalue weighted by Crippen LogP contribution is -2.32. The Kier molecular flexibility index (Phi) is 4.55. The molecular weight excluding hydrogens is 214 g/mol. The van der Waals surface area contributed by atoms with Crippen LogP contribution in [0.4, 0.5) is 4.79 Å². The Morgan fingerprint density at radius 3 is 2.53 bits per heavy atom. The van der Waals surface area contributed by atoms with Crippen LogP contribution in [0.15, 0.2) is 24.3 Å². The van der Waals surface area contributed by atoms with Gasteiger partial charge in [-0.25, -0.2) is 4.79 Å². The summed E-state index contributed by atoms with van der Waals surface area (Å²) in [5.74, 6) is 0. The van der Waals surface area contributed by atoms with E-state index in [2.05, 4.69) is 24.4 Å². The smallest absolute Gasteiger partial charge is 0.407 e. The first-order valence-corrected chi connectivity index (χ1v) is 5.95. The lowest BCUT2D eigenvalue weighted by atomic mass is 10.1. The summed E-state index contributed by atoms with van der Waals surface area (Å²) in [6, 6.07) is 8.18. The van der Waals surface area contributed by atoms with Crippen LogP contribution in [0.3, 0.4) is 0 Å². The molecule has 1 amide bonds. The maximum absolute atomic E-state index is 11.5. The van der Waals surface area contributed by atoms with Crippen molar-refractivity contribution in [3.05, 3.63) is 35.4 Å². The van der Waals surface area contributed by atoms with E-state index in [-0.39, 0.29) is 6.09 Å². The molecule has 0 heterocycles. The molecule has 0 fully saturated rings. The first-order chi connectivity index (χ1) is 7.90. The number of ether oxygens (including phenoxy) is 1. The molecule has 1 rings (SSSR count). The van der Waals surface area contributed by atoms with E-state index in [1.54, 1.807) is 0 Å². The third-order valence-corrected chi connectivity index (χ3v) is 2.24. The van der Waals surface area contributed by atoms with E-state index in [1.165, 1.54) is 5.56 Å². The van der Waals surface area contributed by atoms with E-state index in [1.807, 2.05) is 32.9 Å². The molecule has 1 aromatic rings. The minimum atomic E-state index is -0.449. The Morgan fingerprint density at radius 2 is 1.94 bits per heavy atom. The molecule has 0 atom stereocenters. The van der Waals surface area contributed by atoms with Crippen molar-refractivity contribution in [2.24, 2.45) is 0 Å². The maximum atomic E-state index is 11.5. The SMILES string of the molecule is CCc1cccc(CNC(=O)OC(C)(C)C)c1. The Labute approximate surface area is 103 Å². The second-order valence-electron chi connectivity index (χ2n) is 5.03. The monoisotopic (exact) mass is 235 g/mol. The van der Waals surface area contributed by atoms with Crippen LogP contribution >= 0.6 is 0 Å². The van der Waals surface area contributed by atoms with Crippen molar-refractivity contribution in [1.29, 1.82) is 0 Å². The number of carbonyl (C=O) groups is 1. The van der Waals surface area contributed by atoms with Gasteiger partial charge in [-0.05, 0) is 38.3 Å². The van der Waals surface area contributed by atoms with Crippen molar-refractivity contribution in [2.75, 3.05) is 0 Å². The molecule has 0 aromatic heterocycles. The van der Waals surface area contributed by atoms with Gasteiger partial charge in [0.1, 0.15) is 5.60 Å². The van der Waals surface area contributed by atoms with Gasteiger partial charge in [0.15, 0.2) is 0 Å². The van der Waals surface area contributed by atoms with Crippen LogP contribution in [0.1, 0.15) is 38.8 Å². The highest BCUT2D eigenvalue weighted by Gasteiger charge is 2.15. The van der Waals surface area contributed by atoms with E-state index in [0.717, 1.165) is 12.0 Å². The van der Waals surface area contributed by atoms with Gasteiger partial charge in [-0.15, -0.1) is 0 Å². The van der Waals surface area contributed by atoms with Gasteiger partial charge < -0.3 is 10.1 Å². The van der Waals surface area contributed by atoms with Crippen molar-refractivity contribution in [3.63, 3.8) is 0 Å². The molecular formula is C14H21NO2. The topological polar surface area (TPSA) is 38.3 Å². The first-order valence-electron chi connectivity index (χ1n) is 5.95. The van der Waals surface area contributed by atoms with Gasteiger partial charge in [0.2, 0.25) is 0 Å². The van der Waals surface area contributed by atoms with Crippen molar-refractivity contribution >= 4 is 6.09 Å². The largest absolute Gasteiger partial charge is 0.444 e. The summed E-state index contributed by atoms with van der Waals surface area (Å²) < 4.78 is 5.17. The van der Waals surface area contributed by atoms with Crippen LogP contribution in [-0.4, -0.2) is 11.7 Å². The summed E-state index contributed by atoms with van der Waals surface area (Å²) in [5.41, 5.74) is 1.92. The molecule has 1 N–H and O–H groups in total. The molecule has 0 aliphatic carbocycles. The number of benzene rings is 1. The van der Waals surface area contributed by atoms with Crippen LogP contribution < -0.4 is 5.32 Å². The Balaban J connectivity index is 2.47. The minimum absolute atomic E-state index is 0.376. The van der Waals surface area contributed by atoms with Crippen LogP contribution in [-0.2, 0) is 17.7 Å². The fourth-order valence-electron chi connectivity index (χ4n) is 1.45. The second kappa shape index (κ2) is 5.71. The molecule has 94 valence electrons. The highest BCUT2D eigenvalue weighted by Crippen LogP contribution is 2.08. The molecule has 3 heteroatoms. The molecule has 0 saturated heterocycles. The van der Waals surface area contributed by atoms with Crippen LogP contribution in [0.2, 0.25) is 0 Å². The number of carbonyl (C=O) groups excluding carboxylic acids is 1.